The number of hydrogen-bond donors (Lipinski definition) is 2. The molecule has 0 bridgehead atoms. The number of amides is 1. The summed E-state index contributed by atoms with van der Waals surface area (Å²) in [4.78, 5) is 20.8. The van der Waals surface area contributed by atoms with Crippen LogP contribution in [0.4, 0.5) is 16.2 Å². The van der Waals surface area contributed by atoms with Gasteiger partial charge in [-0.25, -0.2) is 9.37 Å². The molecule has 0 saturated heterocycles. The molecule has 7 heteroatoms. The zero-order valence-electron chi connectivity index (χ0n) is 10.8. The van der Waals surface area contributed by atoms with Gasteiger partial charge < -0.3 is 15.5 Å². The number of aromatic nitrogens is 2. The summed E-state index contributed by atoms with van der Waals surface area (Å²) < 4.78 is 13.7. The van der Waals surface area contributed by atoms with Crippen molar-refractivity contribution in [3.8, 4) is 0 Å². The molecule has 18 heavy (non-hydrogen) atoms. The number of likely N-dealkylation sites (N-methyl/N-ethyl adjacent to an activating group) is 2. The number of carbonyl (C=O) groups is 1. The lowest BCUT2D eigenvalue weighted by Crippen LogP contribution is -2.36. The fourth-order valence-electron chi connectivity index (χ4n) is 1.41. The minimum atomic E-state index is -0.539. The summed E-state index contributed by atoms with van der Waals surface area (Å²) in [5.74, 6) is -0.251. The van der Waals surface area contributed by atoms with Crippen molar-refractivity contribution in [3.63, 3.8) is 0 Å². The quantitative estimate of drug-likeness (QED) is 0.780. The molecule has 6 nitrogen and oxygen atoms in total. The Balaban J connectivity index is 2.96. The minimum absolute atomic E-state index is 0.0620. The maximum Gasteiger partial charge on any atom is 0.239 e. The molecule has 0 spiro atoms. The van der Waals surface area contributed by atoms with Crippen LogP contribution in [0.1, 0.15) is 13.8 Å². The number of nitrogens with one attached hydrogen (secondary N) is 2. The molecule has 0 aliphatic rings. The van der Waals surface area contributed by atoms with Gasteiger partial charge >= 0.3 is 0 Å². The molecule has 0 radical (unpaired) electrons. The van der Waals surface area contributed by atoms with Crippen molar-refractivity contribution in [2.75, 3.05) is 36.9 Å². The molecule has 1 heterocycles. The lowest BCUT2D eigenvalue weighted by molar-refractivity contribution is -0.119. The number of halogens is 1. The van der Waals surface area contributed by atoms with Crippen LogP contribution in [0, 0.1) is 5.82 Å². The first-order chi connectivity index (χ1) is 8.62. The third-order valence-corrected chi connectivity index (χ3v) is 2.36. The van der Waals surface area contributed by atoms with Crippen LogP contribution in [0.3, 0.4) is 0 Å². The molecule has 2 N–H and O–H groups in total. The zero-order chi connectivity index (χ0) is 13.5. The van der Waals surface area contributed by atoms with Gasteiger partial charge in [0.05, 0.1) is 12.7 Å². The summed E-state index contributed by atoms with van der Waals surface area (Å²) in [7, 11) is 1.54. The predicted octanol–water partition coefficient (Wildman–Crippen LogP) is 0.620. The average molecular weight is 255 g/mol. The molecule has 1 amide bonds. The SMILES string of the molecule is CCNc1ncc(F)c(N(CC)CC(=O)NC)n1. The minimum Gasteiger partial charge on any atom is -0.358 e. The molecule has 1 rings (SSSR count). The van der Waals surface area contributed by atoms with Crippen LogP contribution in [0.15, 0.2) is 6.20 Å². The summed E-state index contributed by atoms with van der Waals surface area (Å²) in [6, 6.07) is 0. The average Bonchev–Trinajstić information content (AvgIpc) is 2.38. The van der Waals surface area contributed by atoms with E-state index in [1.807, 2.05) is 13.8 Å². The van der Waals surface area contributed by atoms with Crippen molar-refractivity contribution >= 4 is 17.7 Å². The first-order valence-electron chi connectivity index (χ1n) is 5.84. The molecular weight excluding hydrogens is 237 g/mol. The molecule has 100 valence electrons. The molecule has 0 aliphatic heterocycles. The summed E-state index contributed by atoms with van der Waals surface area (Å²) >= 11 is 0. The standard InChI is InChI=1S/C11H18FN5O/c1-4-14-11-15-6-8(12)10(16-11)17(5-2)7-9(18)13-3/h6H,4-5,7H2,1-3H3,(H,13,18)(H,14,15,16). The van der Waals surface area contributed by atoms with E-state index in [4.69, 9.17) is 0 Å². The van der Waals surface area contributed by atoms with Crippen molar-refractivity contribution in [2.45, 2.75) is 13.8 Å². The van der Waals surface area contributed by atoms with Gasteiger partial charge in [0, 0.05) is 20.1 Å². The van der Waals surface area contributed by atoms with Gasteiger partial charge in [-0.15, -0.1) is 0 Å². The third kappa shape index (κ3) is 3.54. The molecule has 0 atom stereocenters. The third-order valence-electron chi connectivity index (χ3n) is 2.36. The monoisotopic (exact) mass is 255 g/mol. The van der Waals surface area contributed by atoms with Gasteiger partial charge in [-0.1, -0.05) is 0 Å². The fourth-order valence-corrected chi connectivity index (χ4v) is 1.41. The van der Waals surface area contributed by atoms with Crippen molar-refractivity contribution in [2.24, 2.45) is 0 Å². The zero-order valence-corrected chi connectivity index (χ0v) is 10.8. The molecule has 0 aromatic carbocycles. The normalized spacial score (nSPS) is 10.0. The number of carbonyl (C=O) groups excluding carboxylic acids is 1. The van der Waals surface area contributed by atoms with Crippen molar-refractivity contribution < 1.29 is 9.18 Å². The van der Waals surface area contributed by atoms with Gasteiger partial charge in [-0.3, -0.25) is 4.79 Å². The molecule has 0 unspecified atom stereocenters. The highest BCUT2D eigenvalue weighted by molar-refractivity contribution is 5.80. The first kappa shape index (κ1) is 14.1. The summed E-state index contributed by atoms with van der Waals surface area (Å²) in [5, 5.41) is 5.40. The van der Waals surface area contributed by atoms with Crippen LogP contribution in [0.5, 0.6) is 0 Å². The molecule has 1 aromatic rings. The number of hydrogen-bond acceptors (Lipinski definition) is 5. The molecule has 1 aromatic heterocycles. The Bertz CT molecular complexity index is 412. The lowest BCUT2D eigenvalue weighted by atomic mass is 10.4. The Labute approximate surface area is 106 Å². The largest absolute Gasteiger partial charge is 0.358 e. The second kappa shape index (κ2) is 6.73. The van der Waals surface area contributed by atoms with Crippen LogP contribution in [-0.4, -0.2) is 42.6 Å². The fraction of sp³-hybridized carbons (Fsp3) is 0.545. The lowest BCUT2D eigenvalue weighted by Gasteiger charge is -2.21. The molecule has 0 saturated carbocycles. The van der Waals surface area contributed by atoms with E-state index in [0.29, 0.717) is 19.0 Å². The number of rotatable bonds is 6. The Morgan fingerprint density at radius 2 is 2.22 bits per heavy atom. The molecule has 0 aliphatic carbocycles. The van der Waals surface area contributed by atoms with E-state index in [9.17, 15) is 9.18 Å². The highest BCUT2D eigenvalue weighted by atomic mass is 19.1. The second-order valence-electron chi connectivity index (χ2n) is 3.58. The van der Waals surface area contributed by atoms with Crippen LogP contribution >= 0.6 is 0 Å². The van der Waals surface area contributed by atoms with Crippen LogP contribution in [-0.2, 0) is 4.79 Å². The number of nitrogens with zero attached hydrogens (tertiary/aromatic N) is 3. The van der Waals surface area contributed by atoms with Gasteiger partial charge in [0.1, 0.15) is 0 Å². The van der Waals surface area contributed by atoms with Gasteiger partial charge in [-0.2, -0.15) is 4.98 Å². The second-order valence-corrected chi connectivity index (χ2v) is 3.58. The topological polar surface area (TPSA) is 70.2 Å². The van der Waals surface area contributed by atoms with E-state index in [-0.39, 0.29) is 18.3 Å². The van der Waals surface area contributed by atoms with Gasteiger partial charge in [0.2, 0.25) is 11.9 Å². The van der Waals surface area contributed by atoms with Gasteiger partial charge in [0.15, 0.2) is 11.6 Å². The van der Waals surface area contributed by atoms with E-state index < -0.39 is 5.82 Å². The van der Waals surface area contributed by atoms with Crippen LogP contribution in [0.2, 0.25) is 0 Å². The Morgan fingerprint density at radius 3 is 2.78 bits per heavy atom. The van der Waals surface area contributed by atoms with Gasteiger partial charge in [-0.05, 0) is 13.8 Å². The van der Waals surface area contributed by atoms with Gasteiger partial charge in [0.25, 0.3) is 0 Å². The van der Waals surface area contributed by atoms with E-state index >= 15 is 0 Å². The predicted molar refractivity (Wildman–Crippen MR) is 68.1 cm³/mol. The van der Waals surface area contributed by atoms with Crippen molar-refractivity contribution in [1.29, 1.82) is 0 Å². The van der Waals surface area contributed by atoms with Crippen molar-refractivity contribution in [3.05, 3.63) is 12.0 Å². The summed E-state index contributed by atoms with van der Waals surface area (Å²) in [5.41, 5.74) is 0. The Hall–Kier alpha value is -1.92. The molecule has 0 fully saturated rings. The summed E-state index contributed by atoms with van der Waals surface area (Å²) in [6.45, 7) is 4.91. The van der Waals surface area contributed by atoms with E-state index in [1.54, 1.807) is 4.90 Å². The number of anilines is 2. The van der Waals surface area contributed by atoms with E-state index in [2.05, 4.69) is 20.6 Å². The smallest absolute Gasteiger partial charge is 0.239 e. The van der Waals surface area contributed by atoms with E-state index in [0.717, 1.165) is 6.20 Å². The van der Waals surface area contributed by atoms with E-state index in [1.165, 1.54) is 7.05 Å². The Kier molecular flexibility index (Phi) is 5.29. The maximum atomic E-state index is 13.7. The first-order valence-corrected chi connectivity index (χ1v) is 5.84. The molecular formula is C11H18FN5O. The Morgan fingerprint density at radius 1 is 1.50 bits per heavy atom. The maximum absolute atomic E-state index is 13.7. The summed E-state index contributed by atoms with van der Waals surface area (Å²) in [6.07, 6.45) is 1.10. The highest BCUT2D eigenvalue weighted by Crippen LogP contribution is 2.16. The van der Waals surface area contributed by atoms with Crippen LogP contribution < -0.4 is 15.5 Å². The van der Waals surface area contributed by atoms with Crippen LogP contribution in [0.25, 0.3) is 0 Å². The highest BCUT2D eigenvalue weighted by Gasteiger charge is 2.16. The van der Waals surface area contributed by atoms with Crippen molar-refractivity contribution in [1.82, 2.24) is 15.3 Å².